The van der Waals surface area contributed by atoms with E-state index < -0.39 is 0 Å². The zero-order valence-electron chi connectivity index (χ0n) is 13.6. The van der Waals surface area contributed by atoms with Crippen LogP contribution < -0.4 is 4.90 Å². The molecule has 0 atom stereocenters. The highest BCUT2D eigenvalue weighted by molar-refractivity contribution is 6.30. The summed E-state index contributed by atoms with van der Waals surface area (Å²) in [6.07, 6.45) is 0. The number of rotatable bonds is 2. The number of piperazine rings is 1. The molecule has 1 amide bonds. The van der Waals surface area contributed by atoms with Crippen LogP contribution in [-0.4, -0.2) is 37.0 Å². The van der Waals surface area contributed by atoms with Crippen LogP contribution in [0.5, 0.6) is 0 Å². The molecule has 1 aliphatic rings. The van der Waals surface area contributed by atoms with E-state index in [1.807, 2.05) is 4.90 Å². The molecule has 0 N–H and O–H groups in total. The number of nitrogens with zero attached hydrogens (tertiary/aromatic N) is 2. The van der Waals surface area contributed by atoms with Crippen LogP contribution in [0.3, 0.4) is 0 Å². The van der Waals surface area contributed by atoms with Crippen molar-refractivity contribution in [2.45, 2.75) is 13.8 Å². The Morgan fingerprint density at radius 1 is 0.913 bits per heavy atom. The van der Waals surface area contributed by atoms with Crippen LogP contribution in [0.2, 0.25) is 5.02 Å². The Kier molecular flexibility index (Phi) is 4.58. The fourth-order valence-corrected chi connectivity index (χ4v) is 3.20. The molecule has 1 fully saturated rings. The van der Waals surface area contributed by atoms with Crippen molar-refractivity contribution in [3.63, 3.8) is 0 Å². The van der Waals surface area contributed by atoms with Crippen molar-refractivity contribution in [2.24, 2.45) is 0 Å². The van der Waals surface area contributed by atoms with E-state index >= 15 is 0 Å². The minimum absolute atomic E-state index is 0.0849. The highest BCUT2D eigenvalue weighted by atomic mass is 35.5. The summed E-state index contributed by atoms with van der Waals surface area (Å²) in [6.45, 7) is 7.46. The van der Waals surface area contributed by atoms with Crippen molar-refractivity contribution in [1.29, 1.82) is 0 Å². The normalized spacial score (nSPS) is 14.9. The zero-order valence-corrected chi connectivity index (χ0v) is 14.3. The average Bonchev–Trinajstić information content (AvgIpc) is 2.54. The first-order chi connectivity index (χ1) is 11.0. The van der Waals surface area contributed by atoms with Crippen LogP contribution in [0.25, 0.3) is 0 Å². The number of carbonyl (C=O) groups excluding carboxylic acids is 1. The van der Waals surface area contributed by atoms with Gasteiger partial charge in [-0.15, -0.1) is 0 Å². The van der Waals surface area contributed by atoms with E-state index in [1.165, 1.54) is 16.8 Å². The molecule has 0 saturated carbocycles. The molecule has 0 spiro atoms. The lowest BCUT2D eigenvalue weighted by Gasteiger charge is -2.36. The number of halogens is 1. The van der Waals surface area contributed by atoms with E-state index in [4.69, 9.17) is 11.6 Å². The summed E-state index contributed by atoms with van der Waals surface area (Å²) in [5.41, 5.74) is 4.51. The summed E-state index contributed by atoms with van der Waals surface area (Å²) in [6, 6.07) is 13.7. The van der Waals surface area contributed by atoms with Crippen molar-refractivity contribution in [3.8, 4) is 0 Å². The molecule has 1 heterocycles. The summed E-state index contributed by atoms with van der Waals surface area (Å²) in [5, 5.41) is 0.654. The molecule has 0 bridgehead atoms. The van der Waals surface area contributed by atoms with Crippen LogP contribution in [0.4, 0.5) is 5.69 Å². The molecule has 120 valence electrons. The first kappa shape index (κ1) is 15.9. The summed E-state index contributed by atoms with van der Waals surface area (Å²) in [4.78, 5) is 16.8. The molecule has 4 heteroatoms. The molecule has 1 aliphatic heterocycles. The monoisotopic (exact) mass is 328 g/mol. The van der Waals surface area contributed by atoms with Gasteiger partial charge in [-0.25, -0.2) is 0 Å². The van der Waals surface area contributed by atoms with Crippen LogP contribution in [-0.2, 0) is 0 Å². The van der Waals surface area contributed by atoms with E-state index in [2.05, 4.69) is 36.9 Å². The molecule has 0 radical (unpaired) electrons. The van der Waals surface area contributed by atoms with Gasteiger partial charge in [0.1, 0.15) is 0 Å². The summed E-state index contributed by atoms with van der Waals surface area (Å²) in [7, 11) is 0. The third-order valence-electron chi connectivity index (χ3n) is 4.23. The van der Waals surface area contributed by atoms with Crippen LogP contribution in [0.1, 0.15) is 21.5 Å². The van der Waals surface area contributed by atoms with Crippen molar-refractivity contribution in [2.75, 3.05) is 31.1 Å². The standard InChI is InChI=1S/C19H21ClN2O/c1-14-11-15(2)13-18(12-14)21-7-9-22(10-8-21)19(23)16-3-5-17(20)6-4-16/h3-6,11-13H,7-10H2,1-2H3. The van der Waals surface area contributed by atoms with Crippen molar-refractivity contribution < 1.29 is 4.79 Å². The molecular formula is C19H21ClN2O. The van der Waals surface area contributed by atoms with Crippen molar-refractivity contribution in [1.82, 2.24) is 4.90 Å². The summed E-state index contributed by atoms with van der Waals surface area (Å²) >= 11 is 5.88. The maximum Gasteiger partial charge on any atom is 0.253 e. The van der Waals surface area contributed by atoms with Crippen molar-refractivity contribution >= 4 is 23.2 Å². The largest absolute Gasteiger partial charge is 0.368 e. The third-order valence-corrected chi connectivity index (χ3v) is 4.48. The molecule has 0 aromatic heterocycles. The maximum atomic E-state index is 12.5. The second kappa shape index (κ2) is 6.63. The van der Waals surface area contributed by atoms with Crippen molar-refractivity contribution in [3.05, 3.63) is 64.2 Å². The van der Waals surface area contributed by atoms with Gasteiger partial charge in [0.05, 0.1) is 0 Å². The Morgan fingerprint density at radius 2 is 1.48 bits per heavy atom. The molecule has 2 aromatic carbocycles. The Balaban J connectivity index is 1.66. The third kappa shape index (κ3) is 3.67. The fourth-order valence-electron chi connectivity index (χ4n) is 3.08. The molecule has 3 rings (SSSR count). The van der Waals surface area contributed by atoms with E-state index in [-0.39, 0.29) is 5.91 Å². The Morgan fingerprint density at radius 3 is 2.04 bits per heavy atom. The molecule has 0 aliphatic carbocycles. The lowest BCUT2D eigenvalue weighted by molar-refractivity contribution is 0.0747. The minimum Gasteiger partial charge on any atom is -0.368 e. The van der Waals surface area contributed by atoms with Gasteiger partial charge >= 0.3 is 0 Å². The molecular weight excluding hydrogens is 308 g/mol. The SMILES string of the molecule is Cc1cc(C)cc(N2CCN(C(=O)c3ccc(Cl)cc3)CC2)c1. The van der Waals surface area contributed by atoms with E-state index in [1.54, 1.807) is 24.3 Å². The number of anilines is 1. The molecule has 2 aromatic rings. The second-order valence-electron chi connectivity index (χ2n) is 6.13. The summed E-state index contributed by atoms with van der Waals surface area (Å²) in [5.74, 6) is 0.0849. The summed E-state index contributed by atoms with van der Waals surface area (Å²) < 4.78 is 0. The van der Waals surface area contributed by atoms with Gasteiger partial charge in [0.25, 0.3) is 5.91 Å². The number of amides is 1. The number of hydrogen-bond acceptors (Lipinski definition) is 2. The van der Waals surface area contributed by atoms with Gasteiger partial charge in [0.2, 0.25) is 0 Å². The van der Waals surface area contributed by atoms with Crippen LogP contribution >= 0.6 is 11.6 Å². The number of carbonyl (C=O) groups is 1. The van der Waals surface area contributed by atoms with Crippen LogP contribution in [0, 0.1) is 13.8 Å². The minimum atomic E-state index is 0.0849. The maximum absolute atomic E-state index is 12.5. The molecule has 3 nitrogen and oxygen atoms in total. The quantitative estimate of drug-likeness (QED) is 0.834. The first-order valence-corrected chi connectivity index (χ1v) is 8.29. The molecule has 1 saturated heterocycles. The van der Waals surface area contributed by atoms with Gasteiger partial charge in [-0.2, -0.15) is 0 Å². The van der Waals surface area contributed by atoms with E-state index in [0.717, 1.165) is 26.2 Å². The number of benzene rings is 2. The predicted molar refractivity (Wildman–Crippen MR) is 95.5 cm³/mol. The van der Waals surface area contributed by atoms with Gasteiger partial charge < -0.3 is 9.80 Å². The fraction of sp³-hybridized carbons (Fsp3) is 0.316. The van der Waals surface area contributed by atoms with Gasteiger partial charge in [0.15, 0.2) is 0 Å². The second-order valence-corrected chi connectivity index (χ2v) is 6.57. The van der Waals surface area contributed by atoms with Gasteiger partial charge in [-0.1, -0.05) is 17.7 Å². The van der Waals surface area contributed by atoms with E-state index in [0.29, 0.717) is 10.6 Å². The van der Waals surface area contributed by atoms with Crippen LogP contribution in [0.15, 0.2) is 42.5 Å². The lowest BCUT2D eigenvalue weighted by Crippen LogP contribution is -2.48. The van der Waals surface area contributed by atoms with E-state index in [9.17, 15) is 4.79 Å². The Hall–Kier alpha value is -2.00. The van der Waals surface area contributed by atoms with Gasteiger partial charge in [0, 0.05) is 42.5 Å². The first-order valence-electron chi connectivity index (χ1n) is 7.91. The Labute approximate surface area is 142 Å². The average molecular weight is 329 g/mol. The zero-order chi connectivity index (χ0) is 16.4. The topological polar surface area (TPSA) is 23.6 Å². The van der Waals surface area contributed by atoms with Gasteiger partial charge in [-0.3, -0.25) is 4.79 Å². The van der Waals surface area contributed by atoms with Gasteiger partial charge in [-0.05, 0) is 61.4 Å². The molecule has 23 heavy (non-hydrogen) atoms. The highest BCUT2D eigenvalue weighted by Crippen LogP contribution is 2.21. The molecule has 0 unspecified atom stereocenters. The predicted octanol–water partition coefficient (Wildman–Crippen LogP) is 3.92. The number of hydrogen-bond donors (Lipinski definition) is 0. The lowest BCUT2D eigenvalue weighted by atomic mass is 10.1. The highest BCUT2D eigenvalue weighted by Gasteiger charge is 2.22. The smallest absolute Gasteiger partial charge is 0.253 e. The Bertz CT molecular complexity index is 684. The number of aryl methyl sites for hydroxylation is 2.